The molecule has 0 saturated carbocycles. The zero-order chi connectivity index (χ0) is 20.2. The summed E-state index contributed by atoms with van der Waals surface area (Å²) in [6, 6.07) is 21.9. The summed E-state index contributed by atoms with van der Waals surface area (Å²) in [5, 5.41) is 15.0. The fourth-order valence-corrected chi connectivity index (χ4v) is 3.88. The van der Waals surface area contributed by atoms with Gasteiger partial charge in [0.15, 0.2) is 0 Å². The Morgan fingerprint density at radius 2 is 1.66 bits per heavy atom. The molecule has 1 fully saturated rings. The van der Waals surface area contributed by atoms with Crippen LogP contribution in [0.3, 0.4) is 0 Å². The van der Waals surface area contributed by atoms with Crippen molar-refractivity contribution in [2.24, 2.45) is 0 Å². The number of nitrogens with zero attached hydrogens (tertiary/aromatic N) is 2. The van der Waals surface area contributed by atoms with E-state index in [4.69, 9.17) is 0 Å². The van der Waals surface area contributed by atoms with Crippen LogP contribution in [-0.2, 0) is 4.79 Å². The van der Waals surface area contributed by atoms with E-state index in [2.05, 4.69) is 45.4 Å². The minimum absolute atomic E-state index is 0.0228. The van der Waals surface area contributed by atoms with Crippen molar-refractivity contribution in [1.29, 1.82) is 0 Å². The van der Waals surface area contributed by atoms with Crippen LogP contribution in [0.1, 0.15) is 18.5 Å². The van der Waals surface area contributed by atoms with Gasteiger partial charge >= 0.3 is 0 Å². The molecular formula is C24H27N3O2. The molecule has 3 aromatic rings. The highest BCUT2D eigenvalue weighted by atomic mass is 16.3. The lowest BCUT2D eigenvalue weighted by Crippen LogP contribution is -2.49. The first-order valence-electron chi connectivity index (χ1n) is 10.1. The van der Waals surface area contributed by atoms with Crippen LogP contribution in [0, 0.1) is 0 Å². The van der Waals surface area contributed by atoms with Crippen LogP contribution in [0.2, 0.25) is 0 Å². The summed E-state index contributed by atoms with van der Waals surface area (Å²) in [4.78, 5) is 17.0. The Bertz CT molecular complexity index is 979. The summed E-state index contributed by atoms with van der Waals surface area (Å²) >= 11 is 0. The zero-order valence-corrected chi connectivity index (χ0v) is 16.7. The van der Waals surface area contributed by atoms with Gasteiger partial charge in [-0.25, -0.2) is 0 Å². The molecule has 29 heavy (non-hydrogen) atoms. The predicted octanol–water partition coefficient (Wildman–Crippen LogP) is 3.54. The maximum absolute atomic E-state index is 12.6. The number of anilines is 1. The van der Waals surface area contributed by atoms with Crippen LogP contribution < -0.4 is 10.2 Å². The monoisotopic (exact) mass is 389 g/mol. The molecule has 0 aromatic heterocycles. The van der Waals surface area contributed by atoms with Crippen molar-refractivity contribution in [1.82, 2.24) is 10.2 Å². The third-order valence-corrected chi connectivity index (χ3v) is 5.61. The van der Waals surface area contributed by atoms with Gasteiger partial charge in [0, 0.05) is 31.9 Å². The van der Waals surface area contributed by atoms with Gasteiger partial charge < -0.3 is 15.3 Å². The first kappa shape index (κ1) is 19.3. The number of hydrogen-bond donors (Lipinski definition) is 2. The quantitative estimate of drug-likeness (QED) is 0.701. The highest BCUT2D eigenvalue weighted by Crippen LogP contribution is 2.21. The molecule has 0 aliphatic carbocycles. The van der Waals surface area contributed by atoms with E-state index in [1.165, 1.54) is 10.8 Å². The van der Waals surface area contributed by atoms with Gasteiger partial charge in [0.2, 0.25) is 5.91 Å². The van der Waals surface area contributed by atoms with Crippen LogP contribution in [0.5, 0.6) is 5.75 Å². The lowest BCUT2D eigenvalue weighted by Gasteiger charge is -2.35. The lowest BCUT2D eigenvalue weighted by molar-refractivity contribution is -0.123. The summed E-state index contributed by atoms with van der Waals surface area (Å²) in [5.74, 6) is 0.341. The molecule has 0 radical (unpaired) electrons. The van der Waals surface area contributed by atoms with E-state index in [9.17, 15) is 9.90 Å². The molecule has 150 valence electrons. The van der Waals surface area contributed by atoms with E-state index in [1.807, 2.05) is 31.2 Å². The normalized spacial score (nSPS) is 16.0. The first-order chi connectivity index (χ1) is 14.1. The van der Waals surface area contributed by atoms with Crippen molar-refractivity contribution in [2.75, 3.05) is 37.6 Å². The summed E-state index contributed by atoms with van der Waals surface area (Å²) < 4.78 is 0. The van der Waals surface area contributed by atoms with E-state index < -0.39 is 0 Å². The SMILES string of the molecule is C[C@H](NC(=O)CN1CCN(c2ccc(O)cc2)CC1)c1ccc2ccccc2c1. The third-order valence-electron chi connectivity index (χ3n) is 5.61. The van der Waals surface area contributed by atoms with Crippen molar-refractivity contribution in [2.45, 2.75) is 13.0 Å². The van der Waals surface area contributed by atoms with Crippen molar-refractivity contribution < 1.29 is 9.90 Å². The van der Waals surface area contributed by atoms with E-state index in [1.54, 1.807) is 12.1 Å². The first-order valence-corrected chi connectivity index (χ1v) is 10.1. The number of carbonyl (C=O) groups excluding carboxylic acids is 1. The molecule has 1 heterocycles. The van der Waals surface area contributed by atoms with Gasteiger partial charge in [0.1, 0.15) is 5.75 Å². The number of piperazine rings is 1. The molecule has 1 amide bonds. The molecule has 4 rings (SSSR count). The van der Waals surface area contributed by atoms with Crippen LogP contribution in [0.4, 0.5) is 5.69 Å². The summed E-state index contributed by atoms with van der Waals surface area (Å²) in [6.45, 7) is 5.89. The number of nitrogens with one attached hydrogen (secondary N) is 1. The van der Waals surface area contributed by atoms with E-state index in [0.29, 0.717) is 6.54 Å². The molecule has 1 aliphatic heterocycles. The van der Waals surface area contributed by atoms with E-state index in [-0.39, 0.29) is 17.7 Å². The van der Waals surface area contributed by atoms with E-state index >= 15 is 0 Å². The Morgan fingerprint density at radius 3 is 2.38 bits per heavy atom. The second-order valence-corrected chi connectivity index (χ2v) is 7.68. The third kappa shape index (κ3) is 4.69. The Morgan fingerprint density at radius 1 is 0.966 bits per heavy atom. The second kappa shape index (κ2) is 8.53. The van der Waals surface area contributed by atoms with Gasteiger partial charge in [-0.3, -0.25) is 9.69 Å². The molecule has 3 aromatic carbocycles. The Hall–Kier alpha value is -3.05. The number of rotatable bonds is 5. The van der Waals surface area contributed by atoms with Crippen molar-refractivity contribution >= 4 is 22.4 Å². The number of phenolic OH excluding ortho intramolecular Hbond substituents is 1. The van der Waals surface area contributed by atoms with Crippen LogP contribution in [0.25, 0.3) is 10.8 Å². The van der Waals surface area contributed by atoms with Crippen LogP contribution in [-0.4, -0.2) is 48.6 Å². The fourth-order valence-electron chi connectivity index (χ4n) is 3.88. The topological polar surface area (TPSA) is 55.8 Å². The smallest absolute Gasteiger partial charge is 0.234 e. The van der Waals surface area contributed by atoms with Gasteiger partial charge in [-0.15, -0.1) is 0 Å². The number of benzene rings is 3. The average Bonchev–Trinajstić information content (AvgIpc) is 2.74. The number of aromatic hydroxyl groups is 1. The van der Waals surface area contributed by atoms with Gasteiger partial charge in [0.05, 0.1) is 12.6 Å². The van der Waals surface area contributed by atoms with Crippen molar-refractivity contribution in [3.63, 3.8) is 0 Å². The van der Waals surface area contributed by atoms with E-state index in [0.717, 1.165) is 37.4 Å². The van der Waals surface area contributed by atoms with Gasteiger partial charge in [-0.05, 0) is 53.6 Å². The van der Waals surface area contributed by atoms with Gasteiger partial charge in [-0.2, -0.15) is 0 Å². The maximum Gasteiger partial charge on any atom is 0.234 e. The average molecular weight is 389 g/mol. The molecule has 0 spiro atoms. The summed E-state index contributed by atoms with van der Waals surface area (Å²) in [6.07, 6.45) is 0. The molecule has 1 atom stereocenters. The predicted molar refractivity (Wildman–Crippen MR) is 117 cm³/mol. The number of hydrogen-bond acceptors (Lipinski definition) is 4. The molecule has 0 unspecified atom stereocenters. The molecule has 2 N–H and O–H groups in total. The minimum Gasteiger partial charge on any atom is -0.508 e. The largest absolute Gasteiger partial charge is 0.508 e. The molecule has 5 heteroatoms. The van der Waals surface area contributed by atoms with Crippen molar-refractivity contribution in [3.8, 4) is 5.75 Å². The number of phenols is 1. The fraction of sp³-hybridized carbons (Fsp3) is 0.292. The Labute approximate surface area is 171 Å². The lowest BCUT2D eigenvalue weighted by atomic mass is 10.0. The highest BCUT2D eigenvalue weighted by molar-refractivity contribution is 5.83. The highest BCUT2D eigenvalue weighted by Gasteiger charge is 2.20. The molecular weight excluding hydrogens is 362 g/mol. The maximum atomic E-state index is 12.6. The second-order valence-electron chi connectivity index (χ2n) is 7.68. The summed E-state index contributed by atoms with van der Waals surface area (Å²) in [7, 11) is 0. The number of amides is 1. The van der Waals surface area contributed by atoms with Crippen LogP contribution in [0.15, 0.2) is 66.7 Å². The zero-order valence-electron chi connectivity index (χ0n) is 16.7. The molecule has 1 saturated heterocycles. The number of fused-ring (bicyclic) bond motifs is 1. The van der Waals surface area contributed by atoms with Gasteiger partial charge in [0.25, 0.3) is 0 Å². The Kier molecular flexibility index (Phi) is 5.67. The van der Waals surface area contributed by atoms with Crippen molar-refractivity contribution in [3.05, 3.63) is 72.3 Å². The molecule has 5 nitrogen and oxygen atoms in total. The molecule has 0 bridgehead atoms. The Balaban J connectivity index is 1.28. The summed E-state index contributed by atoms with van der Waals surface area (Å²) in [5.41, 5.74) is 2.23. The minimum atomic E-state index is -0.0228. The van der Waals surface area contributed by atoms with Gasteiger partial charge in [-0.1, -0.05) is 36.4 Å². The molecule has 1 aliphatic rings. The number of carbonyl (C=O) groups is 1. The standard InChI is InChI=1S/C24H27N3O2/c1-18(20-7-6-19-4-2-3-5-21(19)16-20)25-24(29)17-26-12-14-27(15-13-26)22-8-10-23(28)11-9-22/h2-11,16,18,28H,12-15,17H2,1H3,(H,25,29)/t18-/m0/s1. The van der Waals surface area contributed by atoms with Crippen LogP contribution >= 0.6 is 0 Å².